The fraction of sp³-hybridized carbons (Fsp3) is 0.429. The second-order valence-electron chi connectivity index (χ2n) is 4.76. The first-order valence-electron chi connectivity index (χ1n) is 6.36. The lowest BCUT2D eigenvalue weighted by molar-refractivity contribution is -0.120. The van der Waals surface area contributed by atoms with Crippen molar-refractivity contribution < 1.29 is 19.4 Å². The van der Waals surface area contributed by atoms with Crippen LogP contribution in [0.4, 0.5) is 0 Å². The third-order valence-electron chi connectivity index (χ3n) is 2.57. The molecule has 6 nitrogen and oxygen atoms in total. The summed E-state index contributed by atoms with van der Waals surface area (Å²) in [6.45, 7) is 4.38. The zero-order valence-electron chi connectivity index (χ0n) is 11.9. The van der Waals surface area contributed by atoms with Gasteiger partial charge in [-0.2, -0.15) is 0 Å². The van der Waals surface area contributed by atoms with E-state index in [1.807, 2.05) is 13.8 Å². The second-order valence-corrected chi connectivity index (χ2v) is 4.76. The molecule has 1 aromatic carbocycles. The number of phenols is 1. The van der Waals surface area contributed by atoms with Gasteiger partial charge in [0.15, 0.2) is 0 Å². The van der Waals surface area contributed by atoms with E-state index in [1.54, 1.807) is 6.07 Å². The van der Waals surface area contributed by atoms with Crippen molar-refractivity contribution in [1.82, 2.24) is 10.6 Å². The number of carbonyl (C=O) groups is 2. The number of carbonyl (C=O) groups excluding carboxylic acids is 2. The number of phenolic OH excluding ortho intramolecular Hbond substituents is 1. The van der Waals surface area contributed by atoms with Crippen LogP contribution in [0.25, 0.3) is 0 Å². The Bertz CT molecular complexity index is 486. The number of hydrogen-bond acceptors (Lipinski definition) is 4. The van der Waals surface area contributed by atoms with E-state index in [0.29, 0.717) is 18.2 Å². The van der Waals surface area contributed by atoms with Crippen LogP contribution in [0.2, 0.25) is 0 Å². The standard InChI is InChI=1S/C14H20N2O4/c1-9(2)7-15-13(18)8-16-14(19)11-6-10(20-3)4-5-12(11)17/h4-6,9,17H,7-8H2,1-3H3,(H,15,18)(H,16,19). The highest BCUT2D eigenvalue weighted by Gasteiger charge is 2.13. The molecule has 20 heavy (non-hydrogen) atoms. The predicted molar refractivity (Wildman–Crippen MR) is 74.8 cm³/mol. The van der Waals surface area contributed by atoms with Gasteiger partial charge in [-0.1, -0.05) is 13.8 Å². The molecular formula is C14H20N2O4. The zero-order chi connectivity index (χ0) is 15.1. The second kappa shape index (κ2) is 7.37. The molecule has 110 valence electrons. The summed E-state index contributed by atoms with van der Waals surface area (Å²) in [5.41, 5.74) is 0.0704. The molecule has 0 unspecified atom stereocenters. The van der Waals surface area contributed by atoms with Crippen LogP contribution in [0.5, 0.6) is 11.5 Å². The quantitative estimate of drug-likeness (QED) is 0.722. The molecule has 1 aromatic rings. The van der Waals surface area contributed by atoms with E-state index in [4.69, 9.17) is 4.74 Å². The number of aromatic hydroxyl groups is 1. The molecule has 0 heterocycles. The minimum atomic E-state index is -0.527. The average molecular weight is 280 g/mol. The van der Waals surface area contributed by atoms with Crippen LogP contribution in [0.1, 0.15) is 24.2 Å². The van der Waals surface area contributed by atoms with Crippen molar-refractivity contribution in [2.75, 3.05) is 20.2 Å². The van der Waals surface area contributed by atoms with Crippen molar-refractivity contribution in [3.05, 3.63) is 23.8 Å². The smallest absolute Gasteiger partial charge is 0.255 e. The Morgan fingerprint density at radius 2 is 2.00 bits per heavy atom. The van der Waals surface area contributed by atoms with Crippen molar-refractivity contribution in [3.63, 3.8) is 0 Å². The number of amides is 2. The van der Waals surface area contributed by atoms with Crippen molar-refractivity contribution in [2.24, 2.45) is 5.92 Å². The summed E-state index contributed by atoms with van der Waals surface area (Å²) >= 11 is 0. The lowest BCUT2D eigenvalue weighted by atomic mass is 10.1. The van der Waals surface area contributed by atoms with E-state index >= 15 is 0 Å². The van der Waals surface area contributed by atoms with E-state index in [-0.39, 0.29) is 23.8 Å². The van der Waals surface area contributed by atoms with Crippen LogP contribution in [-0.2, 0) is 4.79 Å². The first kappa shape index (κ1) is 15.8. The third-order valence-corrected chi connectivity index (χ3v) is 2.57. The average Bonchev–Trinajstić information content (AvgIpc) is 2.43. The summed E-state index contributed by atoms with van der Waals surface area (Å²) in [5.74, 6) is -0.157. The number of methoxy groups -OCH3 is 1. The molecule has 0 aliphatic rings. The van der Waals surface area contributed by atoms with Gasteiger partial charge in [0.25, 0.3) is 5.91 Å². The van der Waals surface area contributed by atoms with E-state index in [1.165, 1.54) is 19.2 Å². The van der Waals surface area contributed by atoms with Gasteiger partial charge in [-0.3, -0.25) is 9.59 Å². The van der Waals surface area contributed by atoms with Crippen molar-refractivity contribution >= 4 is 11.8 Å². The monoisotopic (exact) mass is 280 g/mol. The molecule has 0 radical (unpaired) electrons. The molecule has 0 bridgehead atoms. The topological polar surface area (TPSA) is 87.7 Å². The minimum Gasteiger partial charge on any atom is -0.507 e. The van der Waals surface area contributed by atoms with Gasteiger partial charge in [0.1, 0.15) is 11.5 Å². The van der Waals surface area contributed by atoms with Crippen LogP contribution in [0.3, 0.4) is 0 Å². The molecule has 0 aromatic heterocycles. The van der Waals surface area contributed by atoms with Crippen molar-refractivity contribution in [2.45, 2.75) is 13.8 Å². The molecule has 3 N–H and O–H groups in total. The van der Waals surface area contributed by atoms with Gasteiger partial charge in [-0.25, -0.2) is 0 Å². The Hall–Kier alpha value is -2.24. The summed E-state index contributed by atoms with van der Waals surface area (Å²) in [5, 5.41) is 14.8. The van der Waals surface area contributed by atoms with Crippen LogP contribution in [0.15, 0.2) is 18.2 Å². The summed E-state index contributed by atoms with van der Waals surface area (Å²) < 4.78 is 4.98. The molecule has 6 heteroatoms. The normalized spacial score (nSPS) is 10.2. The fourth-order valence-corrected chi connectivity index (χ4v) is 1.46. The molecule has 0 aliphatic heterocycles. The lowest BCUT2D eigenvalue weighted by Gasteiger charge is -2.10. The van der Waals surface area contributed by atoms with Gasteiger partial charge in [-0.15, -0.1) is 0 Å². The molecule has 0 saturated heterocycles. The van der Waals surface area contributed by atoms with Crippen LogP contribution < -0.4 is 15.4 Å². The Kier molecular flexibility index (Phi) is 5.83. The Morgan fingerprint density at radius 3 is 2.60 bits per heavy atom. The van der Waals surface area contributed by atoms with E-state index in [2.05, 4.69) is 10.6 Å². The number of rotatable bonds is 6. The molecular weight excluding hydrogens is 260 g/mol. The van der Waals surface area contributed by atoms with Gasteiger partial charge in [0.05, 0.1) is 19.2 Å². The maximum Gasteiger partial charge on any atom is 0.255 e. The number of nitrogens with one attached hydrogen (secondary N) is 2. The Morgan fingerprint density at radius 1 is 1.30 bits per heavy atom. The molecule has 2 amide bonds. The first-order valence-corrected chi connectivity index (χ1v) is 6.36. The number of ether oxygens (including phenoxy) is 1. The maximum absolute atomic E-state index is 11.9. The highest BCUT2D eigenvalue weighted by molar-refractivity contribution is 5.99. The van der Waals surface area contributed by atoms with Crippen molar-refractivity contribution in [3.8, 4) is 11.5 Å². The van der Waals surface area contributed by atoms with E-state index < -0.39 is 5.91 Å². The van der Waals surface area contributed by atoms with Crippen LogP contribution in [0, 0.1) is 5.92 Å². The van der Waals surface area contributed by atoms with Gasteiger partial charge >= 0.3 is 0 Å². The first-order chi connectivity index (χ1) is 9.43. The SMILES string of the molecule is COc1ccc(O)c(C(=O)NCC(=O)NCC(C)C)c1. The highest BCUT2D eigenvalue weighted by Crippen LogP contribution is 2.22. The Balaban J connectivity index is 2.56. The van der Waals surface area contributed by atoms with E-state index in [0.717, 1.165) is 0 Å². The molecule has 0 spiro atoms. The predicted octanol–water partition coefficient (Wildman–Crippen LogP) is 0.903. The third kappa shape index (κ3) is 4.79. The Labute approximate surface area is 118 Å². The highest BCUT2D eigenvalue weighted by atomic mass is 16.5. The molecule has 0 fully saturated rings. The van der Waals surface area contributed by atoms with Crippen molar-refractivity contribution in [1.29, 1.82) is 0 Å². The summed E-state index contributed by atoms with van der Waals surface area (Å²) in [6, 6.07) is 4.32. The molecule has 0 saturated carbocycles. The maximum atomic E-state index is 11.9. The minimum absolute atomic E-state index is 0.0704. The van der Waals surface area contributed by atoms with Gasteiger partial charge < -0.3 is 20.5 Å². The van der Waals surface area contributed by atoms with Crippen LogP contribution in [-0.4, -0.2) is 37.1 Å². The molecule has 0 aliphatic carbocycles. The van der Waals surface area contributed by atoms with E-state index in [9.17, 15) is 14.7 Å². The summed E-state index contributed by atoms with van der Waals surface area (Å²) in [6.07, 6.45) is 0. The van der Waals surface area contributed by atoms with Gasteiger partial charge in [0, 0.05) is 6.54 Å². The van der Waals surface area contributed by atoms with Gasteiger partial charge in [-0.05, 0) is 24.1 Å². The molecule has 1 rings (SSSR count). The summed E-state index contributed by atoms with van der Waals surface area (Å²) in [4.78, 5) is 23.3. The number of hydrogen-bond donors (Lipinski definition) is 3. The zero-order valence-corrected chi connectivity index (χ0v) is 11.9. The van der Waals surface area contributed by atoms with Crippen LogP contribution >= 0.6 is 0 Å². The largest absolute Gasteiger partial charge is 0.507 e. The fourth-order valence-electron chi connectivity index (χ4n) is 1.46. The molecule has 0 atom stereocenters. The number of benzene rings is 1. The van der Waals surface area contributed by atoms with Gasteiger partial charge in [0.2, 0.25) is 5.91 Å². The lowest BCUT2D eigenvalue weighted by Crippen LogP contribution is -2.38. The summed E-state index contributed by atoms with van der Waals surface area (Å²) in [7, 11) is 1.47.